The fraction of sp³-hybridized carbons (Fsp3) is 0.467. The number of carbonyl (C=O) groups excluding carboxylic acids is 1. The molecule has 21 heavy (non-hydrogen) atoms. The highest BCUT2D eigenvalue weighted by molar-refractivity contribution is 7.92. The Hall–Kier alpha value is -1.69. The molecule has 1 unspecified atom stereocenters. The molecule has 0 N–H and O–H groups in total. The molecule has 6 heteroatoms. The lowest BCUT2D eigenvalue weighted by atomic mass is 10.0. The van der Waals surface area contributed by atoms with Gasteiger partial charge in [-0.1, -0.05) is 24.6 Å². The molecular weight excluding hydrogens is 288 g/mol. The van der Waals surface area contributed by atoms with Crippen LogP contribution in [0.25, 0.3) is 10.9 Å². The van der Waals surface area contributed by atoms with Crippen molar-refractivity contribution < 1.29 is 13.2 Å². The van der Waals surface area contributed by atoms with E-state index < -0.39 is 15.1 Å². The molecule has 3 rings (SSSR count). The van der Waals surface area contributed by atoms with Crippen LogP contribution in [0.3, 0.4) is 0 Å². The molecule has 0 amide bonds. The molecule has 1 aliphatic heterocycles. The van der Waals surface area contributed by atoms with Gasteiger partial charge in [0, 0.05) is 12.4 Å². The van der Waals surface area contributed by atoms with E-state index in [0.717, 1.165) is 17.3 Å². The van der Waals surface area contributed by atoms with Crippen LogP contribution in [0.2, 0.25) is 0 Å². The standard InChI is InChI=1S/C15H18N2O3S/c1-17-13-7-3-2-6-11(13)12(16-17)10-14(18)15-8-4-5-9-21(15,19)20/h2-3,6-7,15H,4-5,8-10H2,1H3. The van der Waals surface area contributed by atoms with Gasteiger partial charge in [-0.15, -0.1) is 0 Å². The van der Waals surface area contributed by atoms with Gasteiger partial charge in [0.1, 0.15) is 5.25 Å². The maximum atomic E-state index is 12.4. The van der Waals surface area contributed by atoms with Crippen LogP contribution < -0.4 is 0 Å². The van der Waals surface area contributed by atoms with E-state index in [-0.39, 0.29) is 18.0 Å². The summed E-state index contributed by atoms with van der Waals surface area (Å²) in [6.07, 6.45) is 2.01. The monoisotopic (exact) mass is 306 g/mol. The van der Waals surface area contributed by atoms with Crippen LogP contribution in [-0.4, -0.2) is 35.0 Å². The van der Waals surface area contributed by atoms with E-state index in [2.05, 4.69) is 5.10 Å². The Kier molecular flexibility index (Phi) is 3.57. The van der Waals surface area contributed by atoms with Gasteiger partial charge in [0.15, 0.2) is 15.6 Å². The number of para-hydroxylation sites is 1. The summed E-state index contributed by atoms with van der Waals surface area (Å²) in [6, 6.07) is 7.67. The summed E-state index contributed by atoms with van der Waals surface area (Å²) in [5.41, 5.74) is 1.62. The lowest BCUT2D eigenvalue weighted by Crippen LogP contribution is -2.36. The van der Waals surface area contributed by atoms with Gasteiger partial charge < -0.3 is 0 Å². The third-order valence-electron chi connectivity index (χ3n) is 4.11. The first kappa shape index (κ1) is 14.3. The second kappa shape index (κ2) is 5.26. The number of hydrogen-bond acceptors (Lipinski definition) is 4. The van der Waals surface area contributed by atoms with E-state index in [1.165, 1.54) is 0 Å². The van der Waals surface area contributed by atoms with Crippen LogP contribution in [0.5, 0.6) is 0 Å². The van der Waals surface area contributed by atoms with E-state index in [9.17, 15) is 13.2 Å². The summed E-state index contributed by atoms with van der Waals surface area (Å²) in [4.78, 5) is 12.4. The zero-order valence-corrected chi connectivity index (χ0v) is 12.8. The molecule has 1 aromatic carbocycles. The summed E-state index contributed by atoms with van der Waals surface area (Å²) < 4.78 is 25.8. The number of benzene rings is 1. The maximum Gasteiger partial charge on any atom is 0.160 e. The van der Waals surface area contributed by atoms with Gasteiger partial charge in [-0.05, 0) is 18.9 Å². The number of sulfone groups is 1. The fourth-order valence-electron chi connectivity index (χ4n) is 3.01. The maximum absolute atomic E-state index is 12.4. The Balaban J connectivity index is 1.90. The lowest BCUT2D eigenvalue weighted by molar-refractivity contribution is -0.118. The van der Waals surface area contributed by atoms with E-state index in [4.69, 9.17) is 0 Å². The third-order valence-corrected chi connectivity index (χ3v) is 6.34. The fourth-order valence-corrected chi connectivity index (χ4v) is 4.91. The number of nitrogens with zero attached hydrogens (tertiary/aromatic N) is 2. The first-order chi connectivity index (χ1) is 9.99. The molecule has 1 atom stereocenters. The normalized spacial score (nSPS) is 21.5. The molecule has 1 aliphatic rings. The Morgan fingerprint density at radius 3 is 2.86 bits per heavy atom. The molecule has 1 aromatic heterocycles. The van der Waals surface area contributed by atoms with Crippen molar-refractivity contribution in [3.8, 4) is 0 Å². The Morgan fingerprint density at radius 2 is 2.10 bits per heavy atom. The smallest absolute Gasteiger partial charge is 0.160 e. The van der Waals surface area contributed by atoms with Gasteiger partial charge in [0.05, 0.1) is 23.4 Å². The molecule has 0 spiro atoms. The molecule has 0 radical (unpaired) electrons. The summed E-state index contributed by atoms with van der Waals surface area (Å²) in [5.74, 6) is -0.0922. The molecule has 2 heterocycles. The number of Topliss-reactive ketones (excluding diaryl/α,β-unsaturated/α-hetero) is 1. The van der Waals surface area contributed by atoms with E-state index in [0.29, 0.717) is 18.5 Å². The van der Waals surface area contributed by atoms with Gasteiger partial charge in [-0.3, -0.25) is 9.48 Å². The van der Waals surface area contributed by atoms with Crippen LogP contribution in [0, 0.1) is 0 Å². The van der Waals surface area contributed by atoms with Crippen molar-refractivity contribution in [2.75, 3.05) is 5.75 Å². The molecule has 5 nitrogen and oxygen atoms in total. The van der Waals surface area contributed by atoms with Crippen molar-refractivity contribution in [2.45, 2.75) is 30.9 Å². The number of hydrogen-bond donors (Lipinski definition) is 0. The van der Waals surface area contributed by atoms with E-state index >= 15 is 0 Å². The predicted molar refractivity (Wildman–Crippen MR) is 80.9 cm³/mol. The minimum Gasteiger partial charge on any atom is -0.298 e. The van der Waals surface area contributed by atoms with E-state index in [1.54, 1.807) is 4.68 Å². The average Bonchev–Trinajstić information content (AvgIpc) is 2.75. The molecular formula is C15H18N2O3S. The topological polar surface area (TPSA) is 69.0 Å². The first-order valence-electron chi connectivity index (χ1n) is 7.14. The number of rotatable bonds is 3. The van der Waals surface area contributed by atoms with Gasteiger partial charge in [-0.2, -0.15) is 5.10 Å². The van der Waals surface area contributed by atoms with Crippen molar-refractivity contribution in [3.05, 3.63) is 30.0 Å². The summed E-state index contributed by atoms with van der Waals surface area (Å²) in [5, 5.41) is 4.45. The van der Waals surface area contributed by atoms with Crippen LogP contribution in [0.1, 0.15) is 25.0 Å². The van der Waals surface area contributed by atoms with E-state index in [1.807, 2.05) is 31.3 Å². The Morgan fingerprint density at radius 1 is 1.33 bits per heavy atom. The molecule has 1 fully saturated rings. The second-order valence-electron chi connectivity index (χ2n) is 5.58. The number of aryl methyl sites for hydroxylation is 1. The molecule has 0 aliphatic carbocycles. The van der Waals surface area contributed by atoms with Gasteiger partial charge >= 0.3 is 0 Å². The van der Waals surface area contributed by atoms with Crippen molar-refractivity contribution in [1.82, 2.24) is 9.78 Å². The molecule has 0 bridgehead atoms. The van der Waals surface area contributed by atoms with Crippen LogP contribution in [0.4, 0.5) is 0 Å². The van der Waals surface area contributed by atoms with Crippen LogP contribution in [0.15, 0.2) is 24.3 Å². The quantitative estimate of drug-likeness (QED) is 0.864. The average molecular weight is 306 g/mol. The van der Waals surface area contributed by atoms with Crippen molar-refractivity contribution >= 4 is 26.5 Å². The summed E-state index contributed by atoms with van der Waals surface area (Å²) >= 11 is 0. The number of aromatic nitrogens is 2. The van der Waals surface area contributed by atoms with Crippen molar-refractivity contribution in [1.29, 1.82) is 0 Å². The van der Waals surface area contributed by atoms with Crippen LogP contribution >= 0.6 is 0 Å². The molecule has 1 saturated heterocycles. The molecule has 0 saturated carbocycles. The van der Waals surface area contributed by atoms with Gasteiger partial charge in [0.2, 0.25) is 0 Å². The number of fused-ring (bicyclic) bond motifs is 1. The highest BCUT2D eigenvalue weighted by Gasteiger charge is 2.34. The molecule has 2 aromatic rings. The second-order valence-corrected chi connectivity index (χ2v) is 7.88. The lowest BCUT2D eigenvalue weighted by Gasteiger charge is -2.20. The Bertz CT molecular complexity index is 792. The number of ketones is 1. The van der Waals surface area contributed by atoms with Crippen molar-refractivity contribution in [3.63, 3.8) is 0 Å². The zero-order valence-electron chi connectivity index (χ0n) is 11.9. The highest BCUT2D eigenvalue weighted by atomic mass is 32.2. The largest absolute Gasteiger partial charge is 0.298 e. The van der Waals surface area contributed by atoms with Gasteiger partial charge in [0.25, 0.3) is 0 Å². The Labute approximate surface area is 123 Å². The highest BCUT2D eigenvalue weighted by Crippen LogP contribution is 2.23. The minimum atomic E-state index is -3.27. The number of carbonyl (C=O) groups is 1. The minimum absolute atomic E-state index is 0.0885. The zero-order chi connectivity index (χ0) is 15.0. The van der Waals surface area contributed by atoms with Crippen LogP contribution in [-0.2, 0) is 28.1 Å². The SMILES string of the molecule is Cn1nc(CC(=O)C2CCCCS2(=O)=O)c2ccccc21. The van der Waals surface area contributed by atoms with Crippen molar-refractivity contribution in [2.24, 2.45) is 7.05 Å². The summed E-state index contributed by atoms with van der Waals surface area (Å²) in [6.45, 7) is 0. The molecule has 112 valence electrons. The van der Waals surface area contributed by atoms with Gasteiger partial charge in [-0.25, -0.2) is 8.42 Å². The summed E-state index contributed by atoms with van der Waals surface area (Å²) in [7, 11) is -1.45. The third kappa shape index (κ3) is 2.60. The predicted octanol–water partition coefficient (Wildman–Crippen LogP) is 1.65. The first-order valence-corrected chi connectivity index (χ1v) is 8.85.